The fourth-order valence-corrected chi connectivity index (χ4v) is 4.25. The van der Waals surface area contributed by atoms with Gasteiger partial charge in [0.1, 0.15) is 16.7 Å². The summed E-state index contributed by atoms with van der Waals surface area (Å²) in [6, 6.07) is 16.4. The normalized spacial score (nSPS) is 14.5. The van der Waals surface area contributed by atoms with E-state index in [1.165, 1.54) is 17.7 Å². The highest BCUT2D eigenvalue weighted by atomic mass is 32.2. The van der Waals surface area contributed by atoms with Crippen molar-refractivity contribution >= 4 is 23.5 Å². The molecule has 1 fully saturated rings. The maximum atomic E-state index is 13.8. The minimum Gasteiger partial charge on any atom is -0.355 e. The average Bonchev–Trinajstić information content (AvgIpc) is 2.79. The number of hydrogen-bond donors (Lipinski definition) is 1. The second kappa shape index (κ2) is 9.71. The van der Waals surface area contributed by atoms with Crippen molar-refractivity contribution in [3.05, 3.63) is 83.9 Å². The summed E-state index contributed by atoms with van der Waals surface area (Å²) in [7, 11) is 0. The Balaban J connectivity index is 1.31. The van der Waals surface area contributed by atoms with Crippen LogP contribution in [0.2, 0.25) is 0 Å². The van der Waals surface area contributed by atoms with Gasteiger partial charge in [0.2, 0.25) is 0 Å². The summed E-state index contributed by atoms with van der Waals surface area (Å²) in [5.41, 5.74) is 1.34. The molecular weight excluding hydrogens is 399 g/mol. The van der Waals surface area contributed by atoms with Gasteiger partial charge in [-0.25, -0.2) is 9.37 Å². The molecule has 0 radical (unpaired) electrons. The molecule has 1 aromatic heterocycles. The van der Waals surface area contributed by atoms with Gasteiger partial charge >= 0.3 is 0 Å². The summed E-state index contributed by atoms with van der Waals surface area (Å²) < 4.78 is 13.8. The molecule has 7 heteroatoms. The Bertz CT molecular complexity index is 993. The lowest BCUT2D eigenvalue weighted by molar-refractivity contribution is 0.0927. The van der Waals surface area contributed by atoms with Crippen LogP contribution in [0.15, 0.2) is 72.0 Å². The van der Waals surface area contributed by atoms with Gasteiger partial charge in [-0.2, -0.15) is 0 Å². The Morgan fingerprint density at radius 1 is 1.07 bits per heavy atom. The third-order valence-corrected chi connectivity index (χ3v) is 6.07. The number of amides is 1. The molecular formula is C23H23FN4OS. The summed E-state index contributed by atoms with van der Waals surface area (Å²) in [5, 5.41) is 3.85. The molecule has 1 aliphatic rings. The number of aromatic nitrogens is 2. The first-order valence-electron chi connectivity index (χ1n) is 9.98. The van der Waals surface area contributed by atoms with Crippen molar-refractivity contribution in [2.24, 2.45) is 0 Å². The lowest BCUT2D eigenvalue weighted by atomic mass is 10.0. The van der Waals surface area contributed by atoms with Gasteiger partial charge in [0.05, 0.1) is 18.0 Å². The van der Waals surface area contributed by atoms with Gasteiger partial charge < -0.3 is 10.2 Å². The predicted molar refractivity (Wildman–Crippen MR) is 117 cm³/mol. The number of carbonyl (C=O) groups excluding carboxylic acids is 1. The van der Waals surface area contributed by atoms with Crippen LogP contribution in [0.3, 0.4) is 0 Å². The standard InChI is InChI=1S/C23H23FN4OS/c24-20-9-5-4-8-19(20)23(29)26-18-10-12-28(13-11-18)21-14-25-15-22(27-21)30-16-17-6-2-1-3-7-17/h1-9,14-15,18H,10-13,16H2,(H,26,29). The molecule has 2 heterocycles. The van der Waals surface area contributed by atoms with E-state index < -0.39 is 5.82 Å². The zero-order chi connectivity index (χ0) is 20.8. The Kier molecular flexibility index (Phi) is 6.59. The second-order valence-electron chi connectivity index (χ2n) is 7.20. The van der Waals surface area contributed by atoms with Crippen LogP contribution in [0.4, 0.5) is 10.2 Å². The maximum Gasteiger partial charge on any atom is 0.254 e. The Morgan fingerprint density at radius 3 is 2.57 bits per heavy atom. The lowest BCUT2D eigenvalue weighted by Crippen LogP contribution is -2.45. The van der Waals surface area contributed by atoms with Gasteiger partial charge in [-0.1, -0.05) is 42.5 Å². The lowest BCUT2D eigenvalue weighted by Gasteiger charge is -2.33. The first-order valence-corrected chi connectivity index (χ1v) is 11.0. The number of piperidine rings is 1. The third-order valence-electron chi connectivity index (χ3n) is 5.10. The van der Waals surface area contributed by atoms with Crippen LogP contribution in [0, 0.1) is 5.82 Å². The van der Waals surface area contributed by atoms with E-state index in [0.717, 1.165) is 42.5 Å². The molecule has 0 bridgehead atoms. The highest BCUT2D eigenvalue weighted by molar-refractivity contribution is 7.98. The van der Waals surface area contributed by atoms with Gasteiger partial charge in [0.25, 0.3) is 5.91 Å². The fourth-order valence-electron chi connectivity index (χ4n) is 3.45. The van der Waals surface area contributed by atoms with Crippen molar-refractivity contribution in [3.8, 4) is 0 Å². The van der Waals surface area contributed by atoms with E-state index in [1.807, 2.05) is 18.2 Å². The summed E-state index contributed by atoms with van der Waals surface area (Å²) in [6.45, 7) is 1.54. The number of halogens is 1. The summed E-state index contributed by atoms with van der Waals surface area (Å²) in [6.07, 6.45) is 5.13. The smallest absolute Gasteiger partial charge is 0.254 e. The quantitative estimate of drug-likeness (QED) is 0.600. The highest BCUT2D eigenvalue weighted by Gasteiger charge is 2.23. The molecule has 0 aliphatic carbocycles. The largest absolute Gasteiger partial charge is 0.355 e. The topological polar surface area (TPSA) is 58.1 Å². The van der Waals surface area contributed by atoms with E-state index in [1.54, 1.807) is 36.3 Å². The minimum absolute atomic E-state index is 0.0250. The molecule has 0 spiro atoms. The van der Waals surface area contributed by atoms with E-state index in [4.69, 9.17) is 4.98 Å². The van der Waals surface area contributed by atoms with Crippen molar-refractivity contribution in [2.75, 3.05) is 18.0 Å². The number of nitrogens with zero attached hydrogens (tertiary/aromatic N) is 3. The first kappa shape index (κ1) is 20.3. The molecule has 154 valence electrons. The molecule has 1 amide bonds. The SMILES string of the molecule is O=C(NC1CCN(c2cncc(SCc3ccccc3)n2)CC1)c1ccccc1F. The van der Waals surface area contributed by atoms with Crippen LogP contribution in [0.5, 0.6) is 0 Å². The number of hydrogen-bond acceptors (Lipinski definition) is 5. The van der Waals surface area contributed by atoms with Gasteiger partial charge in [0, 0.05) is 24.9 Å². The van der Waals surface area contributed by atoms with E-state index in [9.17, 15) is 9.18 Å². The summed E-state index contributed by atoms with van der Waals surface area (Å²) in [5.74, 6) is 0.855. The molecule has 1 N–H and O–H groups in total. The maximum absolute atomic E-state index is 13.8. The number of anilines is 1. The molecule has 30 heavy (non-hydrogen) atoms. The fraction of sp³-hybridized carbons (Fsp3) is 0.261. The molecule has 1 saturated heterocycles. The molecule has 0 atom stereocenters. The number of benzene rings is 2. The first-order chi connectivity index (χ1) is 14.7. The van der Waals surface area contributed by atoms with Crippen LogP contribution < -0.4 is 10.2 Å². The van der Waals surface area contributed by atoms with Gasteiger partial charge in [0.15, 0.2) is 0 Å². The summed E-state index contributed by atoms with van der Waals surface area (Å²) in [4.78, 5) is 23.6. The second-order valence-corrected chi connectivity index (χ2v) is 8.20. The molecule has 1 aliphatic heterocycles. The van der Waals surface area contributed by atoms with Crippen LogP contribution in [-0.2, 0) is 5.75 Å². The van der Waals surface area contributed by atoms with Crippen molar-refractivity contribution in [1.82, 2.24) is 15.3 Å². The monoisotopic (exact) mass is 422 g/mol. The molecule has 5 nitrogen and oxygen atoms in total. The van der Waals surface area contributed by atoms with Crippen LogP contribution in [0.25, 0.3) is 0 Å². The molecule has 0 saturated carbocycles. The van der Waals surface area contributed by atoms with E-state index >= 15 is 0 Å². The molecule has 4 rings (SSSR count). The van der Waals surface area contributed by atoms with Crippen LogP contribution in [-0.4, -0.2) is 35.0 Å². The van der Waals surface area contributed by atoms with Crippen molar-refractivity contribution in [2.45, 2.75) is 29.7 Å². The molecule has 2 aromatic carbocycles. The number of nitrogens with one attached hydrogen (secondary N) is 1. The number of thioether (sulfide) groups is 1. The molecule has 0 unspecified atom stereocenters. The highest BCUT2D eigenvalue weighted by Crippen LogP contribution is 2.24. The summed E-state index contributed by atoms with van der Waals surface area (Å²) >= 11 is 1.67. The van der Waals surface area contributed by atoms with Gasteiger partial charge in [-0.15, -0.1) is 11.8 Å². The molecule has 3 aromatic rings. The Morgan fingerprint density at radius 2 is 1.80 bits per heavy atom. The average molecular weight is 423 g/mol. The Hall–Kier alpha value is -2.93. The van der Waals surface area contributed by atoms with E-state index in [0.29, 0.717) is 0 Å². The van der Waals surface area contributed by atoms with Crippen LogP contribution in [0.1, 0.15) is 28.8 Å². The zero-order valence-electron chi connectivity index (χ0n) is 16.5. The predicted octanol–water partition coefficient (Wildman–Crippen LogP) is 4.31. The Labute approximate surface area is 179 Å². The van der Waals surface area contributed by atoms with Gasteiger partial charge in [-0.3, -0.25) is 9.78 Å². The van der Waals surface area contributed by atoms with Crippen LogP contribution >= 0.6 is 11.8 Å². The van der Waals surface area contributed by atoms with E-state index in [-0.39, 0.29) is 17.5 Å². The van der Waals surface area contributed by atoms with Crippen molar-refractivity contribution < 1.29 is 9.18 Å². The third kappa shape index (κ3) is 5.16. The zero-order valence-corrected chi connectivity index (χ0v) is 17.3. The van der Waals surface area contributed by atoms with Crippen molar-refractivity contribution in [3.63, 3.8) is 0 Å². The van der Waals surface area contributed by atoms with Crippen molar-refractivity contribution in [1.29, 1.82) is 0 Å². The van der Waals surface area contributed by atoms with E-state index in [2.05, 4.69) is 27.3 Å². The number of carbonyl (C=O) groups is 1. The minimum atomic E-state index is -0.493. The van der Waals surface area contributed by atoms with Gasteiger partial charge in [-0.05, 0) is 30.5 Å². The number of rotatable bonds is 6.